The van der Waals surface area contributed by atoms with E-state index in [1.807, 2.05) is 145 Å². The average molecular weight is 1000 g/mol. The molecule has 0 saturated carbocycles. The van der Waals surface area contributed by atoms with Crippen molar-refractivity contribution in [2.24, 2.45) is 10.8 Å². The highest BCUT2D eigenvalue weighted by Gasteiger charge is 2.53. The number of hydrogen-bond acceptors (Lipinski definition) is 10. The van der Waals surface area contributed by atoms with Crippen LogP contribution in [-0.4, -0.2) is 62.7 Å². The first-order valence-electron chi connectivity index (χ1n) is 24.1. The zero-order chi connectivity index (χ0) is 52.8. The normalized spacial score (nSPS) is 20.0. The zero-order valence-electron chi connectivity index (χ0n) is 45.1. The van der Waals surface area contributed by atoms with E-state index in [1.165, 1.54) is 22.5 Å². The van der Waals surface area contributed by atoms with Crippen molar-refractivity contribution in [3.05, 3.63) is 104 Å². The maximum atomic E-state index is 15.5. The predicted octanol–water partition coefficient (Wildman–Crippen LogP) is 11.9. The van der Waals surface area contributed by atoms with Crippen LogP contribution in [0.3, 0.4) is 0 Å². The largest absolute Gasteiger partial charge is 0.426 e. The first-order valence-corrected chi connectivity index (χ1v) is 27.0. The third-order valence-electron chi connectivity index (χ3n) is 13.5. The van der Waals surface area contributed by atoms with Gasteiger partial charge in [-0.2, -0.15) is 8.61 Å². The molecule has 0 radical (unpaired) electrons. The van der Waals surface area contributed by atoms with Crippen molar-refractivity contribution in [1.29, 1.82) is 0 Å². The summed E-state index contributed by atoms with van der Waals surface area (Å²) in [5.41, 5.74) is 4.37. The van der Waals surface area contributed by atoms with Gasteiger partial charge in [0.15, 0.2) is 12.5 Å². The fourth-order valence-electron chi connectivity index (χ4n) is 10.1. The molecule has 2 fully saturated rings. The van der Waals surface area contributed by atoms with Gasteiger partial charge in [-0.3, -0.25) is 9.59 Å². The minimum Gasteiger partial charge on any atom is -0.426 e. The molecule has 2 saturated heterocycles. The van der Waals surface area contributed by atoms with Crippen molar-refractivity contribution in [2.45, 2.75) is 184 Å². The van der Waals surface area contributed by atoms with Crippen molar-refractivity contribution in [3.63, 3.8) is 0 Å². The lowest BCUT2D eigenvalue weighted by Gasteiger charge is -2.37. The Morgan fingerprint density at radius 2 is 0.786 bits per heavy atom. The molecule has 70 heavy (non-hydrogen) atoms. The van der Waals surface area contributed by atoms with Gasteiger partial charge in [0.25, 0.3) is 0 Å². The van der Waals surface area contributed by atoms with E-state index in [1.54, 1.807) is 27.7 Å². The summed E-state index contributed by atoms with van der Waals surface area (Å²) in [7, 11) is -8.67. The standard InChI is InChI=1S/C56H76N2O10S2/c1-31-21-33(3)49(34(4)22-31)69(61,62)57-45(55(15,16)17)29-65-51(57)43-27-39(53(9,10)11)25-41(47(43)67-37(7)59)42-26-40(54(12,13)14)28-44(48(42)68-38(8)60)52-58(46(30-66-52)56(18,19)20)70(63,64)50-35(5)23-32(2)24-36(50)6/h21-28,45-46,51-52H,29-30H2,1-20H3/t45-,46-,51+,52+/m1/s1. The van der Waals surface area contributed by atoms with E-state index in [9.17, 15) is 9.59 Å². The van der Waals surface area contributed by atoms with Crippen LogP contribution in [0.1, 0.15) is 165 Å². The summed E-state index contributed by atoms with van der Waals surface area (Å²) in [5, 5.41) is 0. The summed E-state index contributed by atoms with van der Waals surface area (Å²) in [4.78, 5) is 27.5. The lowest BCUT2D eigenvalue weighted by molar-refractivity contribution is -0.133. The Morgan fingerprint density at radius 3 is 1.03 bits per heavy atom. The highest BCUT2D eigenvalue weighted by Crippen LogP contribution is 2.54. The number of carbonyl (C=O) groups is 2. The zero-order valence-corrected chi connectivity index (χ0v) is 46.8. The summed E-state index contributed by atoms with van der Waals surface area (Å²) >= 11 is 0. The third-order valence-corrected chi connectivity index (χ3v) is 17.8. The number of rotatable bonds is 9. The maximum Gasteiger partial charge on any atom is 0.308 e. The predicted molar refractivity (Wildman–Crippen MR) is 275 cm³/mol. The van der Waals surface area contributed by atoms with Gasteiger partial charge in [0.2, 0.25) is 20.0 Å². The van der Waals surface area contributed by atoms with Gasteiger partial charge >= 0.3 is 11.9 Å². The second kappa shape index (κ2) is 18.9. The molecule has 4 aromatic rings. The van der Waals surface area contributed by atoms with E-state index in [-0.39, 0.29) is 45.6 Å². The molecule has 0 amide bonds. The van der Waals surface area contributed by atoms with Gasteiger partial charge in [-0.15, -0.1) is 0 Å². The van der Waals surface area contributed by atoms with E-state index < -0.39 is 78.2 Å². The second-order valence-corrected chi connectivity index (χ2v) is 27.4. The average Bonchev–Trinajstić information content (AvgIpc) is 3.83. The molecule has 4 atom stereocenters. The number of benzene rings is 4. The molecule has 4 aromatic carbocycles. The van der Waals surface area contributed by atoms with Crippen molar-refractivity contribution in [1.82, 2.24) is 8.61 Å². The molecule has 0 spiro atoms. The van der Waals surface area contributed by atoms with Crippen LogP contribution in [0.25, 0.3) is 11.1 Å². The summed E-state index contributed by atoms with van der Waals surface area (Å²) in [5.74, 6) is -1.38. The topological polar surface area (TPSA) is 146 Å². The molecule has 2 heterocycles. The first kappa shape index (κ1) is 54.9. The second-order valence-electron chi connectivity index (χ2n) is 23.8. The third kappa shape index (κ3) is 10.5. The van der Waals surface area contributed by atoms with Crippen molar-refractivity contribution < 1.29 is 45.4 Å². The number of ether oxygens (including phenoxy) is 4. The van der Waals surface area contributed by atoms with Crippen LogP contribution in [0, 0.1) is 52.4 Å². The van der Waals surface area contributed by atoms with Gasteiger partial charge in [-0.25, -0.2) is 16.8 Å². The number of aryl methyl sites for hydroxylation is 6. The molecular weight excluding hydrogens is 925 g/mol. The fourth-order valence-corrected chi connectivity index (χ4v) is 14.7. The van der Waals surface area contributed by atoms with Crippen molar-refractivity contribution >= 4 is 32.0 Å². The quantitative estimate of drug-likeness (QED) is 0.117. The Hall–Kier alpha value is -4.44. The minimum atomic E-state index is -4.33. The van der Waals surface area contributed by atoms with Crippen LogP contribution in [0.4, 0.5) is 0 Å². The van der Waals surface area contributed by atoms with E-state index in [0.717, 1.165) is 22.3 Å². The monoisotopic (exact) mass is 1000 g/mol. The summed E-state index contributed by atoms with van der Waals surface area (Å²) in [6.07, 6.45) is -2.58. The fraction of sp³-hybridized carbons (Fsp3) is 0.536. The van der Waals surface area contributed by atoms with Crippen LogP contribution in [0.5, 0.6) is 11.5 Å². The molecule has 2 aliphatic rings. The van der Waals surface area contributed by atoms with Gasteiger partial charge in [0.05, 0.1) is 35.1 Å². The van der Waals surface area contributed by atoms with Crippen molar-refractivity contribution in [3.8, 4) is 22.6 Å². The molecule has 0 N–H and O–H groups in total. The molecule has 0 unspecified atom stereocenters. The van der Waals surface area contributed by atoms with E-state index in [2.05, 4.69) is 0 Å². The molecule has 12 nitrogen and oxygen atoms in total. The minimum absolute atomic E-state index is 0.00156. The lowest BCUT2D eigenvalue weighted by atomic mass is 9.80. The SMILES string of the molecule is CC(=O)Oc1c(-c2cc(C(C)(C)C)cc([C@@H]3OC[C@H](C(C)(C)C)N3S(=O)(=O)c3c(C)cc(C)cc3C)c2OC(C)=O)cc(C(C)(C)C)cc1[C@@H]1OC[C@H](C(C)(C)C)N1S(=O)(=O)c1c(C)cc(C)cc1C. The number of hydrogen-bond donors (Lipinski definition) is 0. The van der Waals surface area contributed by atoms with E-state index in [0.29, 0.717) is 33.4 Å². The van der Waals surface area contributed by atoms with Gasteiger partial charge in [-0.1, -0.05) is 118 Å². The number of nitrogens with zero attached hydrogens (tertiary/aromatic N) is 2. The Labute approximate surface area is 418 Å². The molecule has 0 aliphatic carbocycles. The number of esters is 2. The van der Waals surface area contributed by atoms with E-state index in [4.69, 9.17) is 18.9 Å². The molecule has 0 aromatic heterocycles. The van der Waals surface area contributed by atoms with Crippen LogP contribution in [0.15, 0.2) is 58.3 Å². The van der Waals surface area contributed by atoms with Gasteiger partial charge in [0, 0.05) is 36.1 Å². The maximum absolute atomic E-state index is 15.5. The smallest absolute Gasteiger partial charge is 0.308 e. The molecule has 6 rings (SSSR count). The van der Waals surface area contributed by atoms with Gasteiger partial charge in [-0.05, 0) is 121 Å². The number of sulfonamides is 2. The Bertz CT molecular complexity index is 2720. The first-order chi connectivity index (χ1) is 31.9. The van der Waals surface area contributed by atoms with Crippen LogP contribution >= 0.6 is 0 Å². The van der Waals surface area contributed by atoms with Gasteiger partial charge < -0.3 is 18.9 Å². The molecule has 14 heteroatoms. The highest BCUT2D eigenvalue weighted by atomic mass is 32.2. The van der Waals surface area contributed by atoms with E-state index >= 15 is 16.8 Å². The molecule has 0 bridgehead atoms. The molecule has 2 aliphatic heterocycles. The summed E-state index contributed by atoms with van der Waals surface area (Å²) in [6, 6.07) is 13.5. The Kier molecular flexibility index (Phi) is 14.8. The molecule has 382 valence electrons. The van der Waals surface area contributed by atoms with Crippen LogP contribution < -0.4 is 9.47 Å². The van der Waals surface area contributed by atoms with Gasteiger partial charge in [0.1, 0.15) is 11.5 Å². The van der Waals surface area contributed by atoms with Crippen LogP contribution in [-0.2, 0) is 49.9 Å². The highest BCUT2D eigenvalue weighted by molar-refractivity contribution is 7.89. The Morgan fingerprint density at radius 1 is 0.500 bits per heavy atom. The van der Waals surface area contributed by atoms with Crippen molar-refractivity contribution in [2.75, 3.05) is 13.2 Å². The summed E-state index contributed by atoms with van der Waals surface area (Å²) < 4.78 is 90.9. The molecular formula is C56H76N2O10S2. The summed E-state index contributed by atoms with van der Waals surface area (Å²) in [6.45, 7) is 37.5. The van der Waals surface area contributed by atoms with Crippen LogP contribution in [0.2, 0.25) is 0 Å². The Balaban J connectivity index is 1.77. The number of carbonyl (C=O) groups excluding carboxylic acids is 2. The lowest BCUT2D eigenvalue weighted by Crippen LogP contribution is -2.45.